The third-order valence-electron chi connectivity index (χ3n) is 8.41. The topological polar surface area (TPSA) is 12.4 Å². The number of hydrogen-bond donors (Lipinski definition) is 0. The van der Waals surface area contributed by atoms with Crippen molar-refractivity contribution in [2.45, 2.75) is 55.4 Å². The quantitative estimate of drug-likeness (QED) is 0.181. The summed E-state index contributed by atoms with van der Waals surface area (Å²) in [7, 11) is 1.84. The first-order valence-electron chi connectivity index (χ1n) is 17.8. The zero-order chi connectivity index (χ0) is 37.0. The van der Waals surface area contributed by atoms with E-state index in [1.54, 1.807) is 0 Å². The minimum Gasteiger partial charge on any atom is -0.288 e. The molecule has 0 fully saturated rings. The maximum atomic E-state index is 4.36. The van der Waals surface area contributed by atoms with E-state index < -0.39 is 0 Å². The summed E-state index contributed by atoms with van der Waals surface area (Å²) < 4.78 is 0. The van der Waals surface area contributed by atoms with Crippen LogP contribution in [0, 0.1) is 34.6 Å². The molecule has 0 heterocycles. The minimum atomic E-state index is 1.03. The van der Waals surface area contributed by atoms with Crippen molar-refractivity contribution in [1.29, 1.82) is 0 Å². The number of allylic oxidation sites excluding steroid dienone is 8. The Morgan fingerprint density at radius 1 is 0.510 bits per heavy atom. The van der Waals surface area contributed by atoms with E-state index >= 15 is 0 Å². The van der Waals surface area contributed by atoms with Gasteiger partial charge in [0.25, 0.3) is 0 Å². The Morgan fingerprint density at radius 2 is 0.941 bits per heavy atom. The van der Waals surface area contributed by atoms with Crippen LogP contribution in [-0.4, -0.2) is 12.8 Å². The maximum absolute atomic E-state index is 4.36. The van der Waals surface area contributed by atoms with E-state index in [9.17, 15) is 0 Å². The van der Waals surface area contributed by atoms with E-state index in [1.807, 2.05) is 33.0 Å². The second-order valence-corrected chi connectivity index (χ2v) is 12.7. The maximum Gasteiger partial charge on any atom is 0.0646 e. The molecule has 0 N–H and O–H groups in total. The molecule has 0 radical (unpaired) electrons. The van der Waals surface area contributed by atoms with E-state index in [1.165, 1.54) is 66.8 Å². The SMILES string of the molecule is C/C=C\c1ccccc1C.C/C=C\c1ccccc1C.CN=C1C=CC=C/C1=C(/C)c1ccc(-c2ccccc2)cc1.Cc1cc(C)cc(C)c1. The molecule has 1 aliphatic carbocycles. The van der Waals surface area contributed by atoms with Crippen molar-refractivity contribution in [3.05, 3.63) is 208 Å². The Balaban J connectivity index is 0.000000203. The molecule has 0 spiro atoms. The zero-order valence-electron chi connectivity index (χ0n) is 32.1. The monoisotopic (exact) mass is 669 g/mol. The van der Waals surface area contributed by atoms with Crippen molar-refractivity contribution in [1.82, 2.24) is 0 Å². The third-order valence-corrected chi connectivity index (χ3v) is 8.41. The molecule has 6 rings (SSSR count). The molecule has 0 amide bonds. The van der Waals surface area contributed by atoms with Crippen molar-refractivity contribution in [3.63, 3.8) is 0 Å². The predicted molar refractivity (Wildman–Crippen MR) is 229 cm³/mol. The molecule has 0 saturated heterocycles. The number of benzene rings is 5. The lowest BCUT2D eigenvalue weighted by Crippen LogP contribution is -2.02. The summed E-state index contributed by atoms with van der Waals surface area (Å²) in [5.41, 5.74) is 16.5. The highest BCUT2D eigenvalue weighted by Gasteiger charge is 2.09. The van der Waals surface area contributed by atoms with Gasteiger partial charge in [0.2, 0.25) is 0 Å². The summed E-state index contributed by atoms with van der Waals surface area (Å²) in [5, 5.41) is 0. The van der Waals surface area contributed by atoms with Crippen LogP contribution in [0.4, 0.5) is 0 Å². The summed E-state index contributed by atoms with van der Waals surface area (Å²) in [6.07, 6.45) is 16.6. The molecule has 0 unspecified atom stereocenters. The van der Waals surface area contributed by atoms with Crippen molar-refractivity contribution < 1.29 is 0 Å². The second kappa shape index (κ2) is 21.5. The summed E-state index contributed by atoms with van der Waals surface area (Å²) in [4.78, 5) is 4.36. The van der Waals surface area contributed by atoms with Gasteiger partial charge in [0.05, 0.1) is 5.71 Å². The molecule has 1 aliphatic rings. The van der Waals surface area contributed by atoms with Crippen LogP contribution in [0.5, 0.6) is 0 Å². The van der Waals surface area contributed by atoms with Gasteiger partial charge >= 0.3 is 0 Å². The van der Waals surface area contributed by atoms with Crippen LogP contribution >= 0.6 is 0 Å². The van der Waals surface area contributed by atoms with E-state index in [4.69, 9.17) is 0 Å². The first-order valence-corrected chi connectivity index (χ1v) is 17.8. The van der Waals surface area contributed by atoms with E-state index in [-0.39, 0.29) is 0 Å². The average Bonchev–Trinajstić information content (AvgIpc) is 3.14. The summed E-state index contributed by atoms with van der Waals surface area (Å²) in [6.45, 7) is 16.8. The van der Waals surface area contributed by atoms with Gasteiger partial charge in [0.1, 0.15) is 0 Å². The molecule has 1 heteroatoms. The van der Waals surface area contributed by atoms with Gasteiger partial charge in [-0.25, -0.2) is 0 Å². The predicted octanol–water partition coefficient (Wildman–Crippen LogP) is 14.0. The first-order chi connectivity index (χ1) is 24.7. The highest BCUT2D eigenvalue weighted by atomic mass is 14.7. The summed E-state index contributed by atoms with van der Waals surface area (Å²) in [5.74, 6) is 0. The van der Waals surface area contributed by atoms with Crippen LogP contribution in [0.15, 0.2) is 168 Å². The van der Waals surface area contributed by atoms with Crippen LogP contribution in [-0.2, 0) is 0 Å². The van der Waals surface area contributed by atoms with Crippen molar-refractivity contribution in [3.8, 4) is 11.1 Å². The van der Waals surface area contributed by atoms with Crippen LogP contribution < -0.4 is 0 Å². The molecule has 0 aliphatic heterocycles. The largest absolute Gasteiger partial charge is 0.288 e. The molecule has 5 aromatic rings. The Hall–Kier alpha value is -5.53. The molecular formula is C50H55N. The number of nitrogens with zero attached hydrogens (tertiary/aromatic N) is 1. The molecule has 0 aromatic heterocycles. The average molecular weight is 670 g/mol. The van der Waals surface area contributed by atoms with Gasteiger partial charge in [-0.15, -0.1) is 0 Å². The van der Waals surface area contributed by atoms with Crippen LogP contribution in [0.2, 0.25) is 0 Å². The second-order valence-electron chi connectivity index (χ2n) is 12.7. The molecule has 0 atom stereocenters. The molecule has 0 bridgehead atoms. The number of hydrogen-bond acceptors (Lipinski definition) is 1. The fourth-order valence-electron chi connectivity index (χ4n) is 5.79. The Kier molecular flexibility index (Phi) is 16.8. The van der Waals surface area contributed by atoms with Gasteiger partial charge in [-0.2, -0.15) is 0 Å². The molecule has 5 aromatic carbocycles. The zero-order valence-corrected chi connectivity index (χ0v) is 32.1. The first kappa shape index (κ1) is 39.9. The lowest BCUT2D eigenvalue weighted by molar-refractivity contribution is 1.32. The van der Waals surface area contributed by atoms with Gasteiger partial charge in [-0.05, 0) is 106 Å². The molecular weight excluding hydrogens is 615 g/mol. The van der Waals surface area contributed by atoms with Crippen molar-refractivity contribution >= 4 is 23.4 Å². The normalized spacial score (nSPS) is 13.5. The van der Waals surface area contributed by atoms with E-state index in [0.29, 0.717) is 0 Å². The Bertz CT molecular complexity index is 1890. The summed E-state index contributed by atoms with van der Waals surface area (Å²) in [6, 6.07) is 42.5. The number of aryl methyl sites for hydroxylation is 5. The smallest absolute Gasteiger partial charge is 0.0646 e. The highest BCUT2D eigenvalue weighted by molar-refractivity contribution is 6.15. The van der Waals surface area contributed by atoms with Crippen molar-refractivity contribution in [2.24, 2.45) is 4.99 Å². The number of aliphatic imine (C=N–C) groups is 1. The minimum absolute atomic E-state index is 1.03. The molecule has 1 nitrogen and oxygen atoms in total. The van der Waals surface area contributed by atoms with Gasteiger partial charge in [-0.3, -0.25) is 4.99 Å². The van der Waals surface area contributed by atoms with E-state index in [2.05, 4.69) is 204 Å². The van der Waals surface area contributed by atoms with E-state index in [0.717, 1.165) is 5.71 Å². The molecule has 51 heavy (non-hydrogen) atoms. The molecule has 0 saturated carbocycles. The van der Waals surface area contributed by atoms with Gasteiger partial charge in [0, 0.05) is 12.6 Å². The lowest BCUT2D eigenvalue weighted by Gasteiger charge is -2.12. The number of rotatable bonds is 4. The van der Waals surface area contributed by atoms with Crippen LogP contribution in [0.3, 0.4) is 0 Å². The van der Waals surface area contributed by atoms with Crippen LogP contribution in [0.25, 0.3) is 28.9 Å². The molecule has 260 valence electrons. The van der Waals surface area contributed by atoms with Gasteiger partial charge in [0.15, 0.2) is 0 Å². The fraction of sp³-hybridized carbons (Fsp3) is 0.180. The summed E-state index contributed by atoms with van der Waals surface area (Å²) >= 11 is 0. The third kappa shape index (κ3) is 13.4. The highest BCUT2D eigenvalue weighted by Crippen LogP contribution is 2.26. The Morgan fingerprint density at radius 3 is 1.39 bits per heavy atom. The van der Waals surface area contributed by atoms with Gasteiger partial charge in [-0.1, -0.05) is 181 Å². The van der Waals surface area contributed by atoms with Crippen molar-refractivity contribution in [2.75, 3.05) is 7.05 Å². The van der Waals surface area contributed by atoms with Crippen LogP contribution in [0.1, 0.15) is 65.3 Å². The standard InChI is InChI=1S/C21H19N.2C10H12.C9H12/c1-16(20-10-6-7-11-21(20)22-2)17-12-14-19(15-13-17)18-8-4-3-5-9-18;2*1-3-6-10-8-5-4-7-9(10)2;1-7-4-8(2)6-9(3)5-7/h3-15H,1-2H3;2*3-8H,1-2H3;4-6H,1-3H3/b20-16+,22-21?;2*6-3-;. The Labute approximate surface area is 308 Å². The fourth-order valence-corrected chi connectivity index (χ4v) is 5.79. The van der Waals surface area contributed by atoms with Gasteiger partial charge < -0.3 is 0 Å². The lowest BCUT2D eigenvalue weighted by atomic mass is 9.94.